The van der Waals surface area contributed by atoms with Crippen LogP contribution in [0.1, 0.15) is 60.3 Å². The molecule has 3 heteroatoms. The van der Waals surface area contributed by atoms with E-state index in [1.807, 2.05) is 61.5 Å². The minimum absolute atomic E-state index is 0.0592. The maximum atomic E-state index is 13.7. The first kappa shape index (κ1) is 22.2. The molecular weight excluding hydrogens is 387 g/mol. The predicted octanol–water partition coefficient (Wildman–Crippen LogP) is 5.94. The first-order valence-electron chi connectivity index (χ1n) is 10.9. The predicted molar refractivity (Wildman–Crippen MR) is 128 cm³/mol. The minimum atomic E-state index is -2.68. The zero-order chi connectivity index (χ0) is 21.7. The third-order valence-corrected chi connectivity index (χ3v) is 9.08. The van der Waals surface area contributed by atoms with Gasteiger partial charge >= 0.3 is 0 Å². The molecule has 1 atom stereocenters. The second-order valence-electron chi connectivity index (χ2n) is 7.62. The van der Waals surface area contributed by atoms with Gasteiger partial charge in [0.25, 0.3) is 0 Å². The van der Waals surface area contributed by atoms with Gasteiger partial charge in [-0.15, -0.1) is 0 Å². The lowest BCUT2D eigenvalue weighted by Crippen LogP contribution is -2.18. The molecule has 0 amide bonds. The number of carbonyl (C=O) groups excluding carboxylic acids is 1. The van der Waals surface area contributed by atoms with Gasteiger partial charge in [0.2, 0.25) is 0 Å². The molecule has 0 aromatic heterocycles. The monoisotopic (exact) mass is 418 g/mol. The minimum Gasteiger partial charge on any atom is -0.314 e. The molecule has 0 fully saturated rings. The fraction of sp³-hybridized carbons (Fsp3) is 0.296. The summed E-state index contributed by atoms with van der Waals surface area (Å²) in [4.78, 5) is 13.4. The highest BCUT2D eigenvalue weighted by molar-refractivity contribution is 7.78. The van der Waals surface area contributed by atoms with Crippen molar-refractivity contribution >= 4 is 23.5 Å². The van der Waals surface area contributed by atoms with Gasteiger partial charge in [0.1, 0.15) is 7.14 Å². The van der Waals surface area contributed by atoms with E-state index in [1.165, 1.54) is 5.56 Å². The summed E-state index contributed by atoms with van der Waals surface area (Å²) in [6.45, 7) is 8.31. The van der Waals surface area contributed by atoms with Crippen LogP contribution in [-0.4, -0.2) is 11.9 Å². The lowest BCUT2D eigenvalue weighted by molar-refractivity contribution is 0.103. The van der Waals surface area contributed by atoms with Gasteiger partial charge in [-0.05, 0) is 36.0 Å². The lowest BCUT2D eigenvalue weighted by Gasteiger charge is -2.18. The molecular formula is C27H31O2P. The fourth-order valence-electron chi connectivity index (χ4n) is 4.07. The Morgan fingerprint density at radius 3 is 1.73 bits per heavy atom. The molecule has 3 rings (SSSR count). The van der Waals surface area contributed by atoms with Crippen molar-refractivity contribution < 1.29 is 9.36 Å². The van der Waals surface area contributed by atoms with Gasteiger partial charge in [0, 0.05) is 27.9 Å². The van der Waals surface area contributed by atoms with Crippen molar-refractivity contribution in [2.24, 2.45) is 0 Å². The first-order valence-corrected chi connectivity index (χ1v) is 12.8. The van der Waals surface area contributed by atoms with Crippen LogP contribution >= 0.6 is 7.14 Å². The van der Waals surface area contributed by atoms with Crippen LogP contribution in [0, 0.1) is 0 Å². The van der Waals surface area contributed by atoms with Crippen LogP contribution in [0.4, 0.5) is 0 Å². The van der Waals surface area contributed by atoms with Crippen molar-refractivity contribution in [2.45, 2.75) is 47.0 Å². The van der Waals surface area contributed by atoms with Crippen molar-refractivity contribution in [1.29, 1.82) is 0 Å². The lowest BCUT2D eigenvalue weighted by atomic mass is 9.89. The van der Waals surface area contributed by atoms with Crippen LogP contribution in [0.2, 0.25) is 0 Å². The number of aryl methyl sites for hydroxylation is 3. The Hall–Kier alpha value is -2.44. The van der Waals surface area contributed by atoms with E-state index in [-0.39, 0.29) is 5.78 Å². The molecule has 30 heavy (non-hydrogen) atoms. The Bertz CT molecular complexity index is 1040. The number of hydrogen-bond donors (Lipinski definition) is 0. The Morgan fingerprint density at radius 1 is 0.733 bits per heavy atom. The quantitative estimate of drug-likeness (QED) is 0.335. The average Bonchev–Trinajstić information content (AvgIpc) is 2.82. The van der Waals surface area contributed by atoms with Gasteiger partial charge < -0.3 is 4.57 Å². The van der Waals surface area contributed by atoms with E-state index in [1.54, 1.807) is 0 Å². The van der Waals surface area contributed by atoms with Crippen LogP contribution in [0.15, 0.2) is 66.7 Å². The van der Waals surface area contributed by atoms with E-state index in [9.17, 15) is 9.36 Å². The van der Waals surface area contributed by atoms with Gasteiger partial charge in [-0.1, -0.05) is 94.4 Å². The smallest absolute Gasteiger partial charge is 0.193 e. The molecule has 0 spiro atoms. The molecule has 0 radical (unpaired) electrons. The molecule has 0 heterocycles. The van der Waals surface area contributed by atoms with E-state index >= 15 is 0 Å². The second kappa shape index (κ2) is 9.58. The molecule has 0 saturated heterocycles. The summed E-state index contributed by atoms with van der Waals surface area (Å²) in [6, 6.07) is 21.4. The maximum Gasteiger partial charge on any atom is 0.193 e. The van der Waals surface area contributed by atoms with E-state index in [0.717, 1.165) is 46.6 Å². The standard InChI is InChI=1S/C27H31O2P/c1-5-20-18-21(6-2)26(22(7-3)19-20)27(28)23-14-16-25(17-15-23)30(29,8-4)24-12-10-9-11-13-24/h9-19H,5-8H2,1-4H3. The summed E-state index contributed by atoms with van der Waals surface area (Å²) >= 11 is 0. The summed E-state index contributed by atoms with van der Waals surface area (Å²) in [7, 11) is -2.68. The van der Waals surface area contributed by atoms with Crippen molar-refractivity contribution in [3.8, 4) is 0 Å². The SMILES string of the molecule is CCc1cc(CC)c(C(=O)c2ccc(P(=O)(CC)c3ccccc3)cc2)c(CC)c1. The molecule has 0 N–H and O–H groups in total. The van der Waals surface area contributed by atoms with Crippen LogP contribution in [-0.2, 0) is 23.8 Å². The van der Waals surface area contributed by atoms with Crippen LogP contribution in [0.25, 0.3) is 0 Å². The van der Waals surface area contributed by atoms with Crippen molar-refractivity contribution in [3.63, 3.8) is 0 Å². The number of hydrogen-bond acceptors (Lipinski definition) is 2. The summed E-state index contributed by atoms with van der Waals surface area (Å²) < 4.78 is 13.7. The fourth-order valence-corrected chi connectivity index (χ4v) is 6.39. The van der Waals surface area contributed by atoms with Gasteiger partial charge in [0.15, 0.2) is 5.78 Å². The van der Waals surface area contributed by atoms with Gasteiger partial charge in [-0.3, -0.25) is 4.79 Å². The Balaban J connectivity index is 2.01. The molecule has 0 aliphatic heterocycles. The number of rotatable bonds is 8. The average molecular weight is 419 g/mol. The van der Waals surface area contributed by atoms with Crippen LogP contribution in [0.3, 0.4) is 0 Å². The third kappa shape index (κ3) is 4.20. The zero-order valence-electron chi connectivity index (χ0n) is 18.4. The highest BCUT2D eigenvalue weighted by atomic mass is 31.2. The number of benzene rings is 3. The first-order chi connectivity index (χ1) is 14.5. The molecule has 3 aromatic rings. The third-order valence-electron chi connectivity index (χ3n) is 5.92. The van der Waals surface area contributed by atoms with Gasteiger partial charge in [-0.2, -0.15) is 0 Å². The molecule has 156 valence electrons. The van der Waals surface area contributed by atoms with Gasteiger partial charge in [-0.25, -0.2) is 0 Å². The van der Waals surface area contributed by atoms with E-state index in [4.69, 9.17) is 0 Å². The molecule has 0 aliphatic carbocycles. The molecule has 0 saturated carbocycles. The Kier molecular flexibility index (Phi) is 7.10. The van der Waals surface area contributed by atoms with Crippen LogP contribution < -0.4 is 10.6 Å². The van der Waals surface area contributed by atoms with Gasteiger partial charge in [0.05, 0.1) is 0 Å². The number of ketones is 1. The maximum absolute atomic E-state index is 13.7. The van der Waals surface area contributed by atoms with E-state index in [2.05, 4.69) is 32.9 Å². The van der Waals surface area contributed by atoms with E-state index < -0.39 is 7.14 Å². The summed E-state index contributed by atoms with van der Waals surface area (Å²) in [5.41, 5.74) is 5.00. The highest BCUT2D eigenvalue weighted by Gasteiger charge is 2.25. The molecule has 3 aromatic carbocycles. The van der Waals surface area contributed by atoms with E-state index in [0.29, 0.717) is 11.7 Å². The van der Waals surface area contributed by atoms with Crippen molar-refractivity contribution in [2.75, 3.05) is 6.16 Å². The van der Waals surface area contributed by atoms with Crippen molar-refractivity contribution in [1.82, 2.24) is 0 Å². The largest absolute Gasteiger partial charge is 0.314 e. The summed E-state index contributed by atoms with van der Waals surface area (Å²) in [5.74, 6) is 0.0592. The number of carbonyl (C=O) groups is 1. The summed E-state index contributed by atoms with van der Waals surface area (Å²) in [5, 5.41) is 1.67. The topological polar surface area (TPSA) is 34.1 Å². The Labute approximate surface area is 180 Å². The Morgan fingerprint density at radius 2 is 1.27 bits per heavy atom. The highest BCUT2D eigenvalue weighted by Crippen LogP contribution is 2.42. The van der Waals surface area contributed by atoms with Crippen molar-refractivity contribution in [3.05, 3.63) is 94.5 Å². The zero-order valence-corrected chi connectivity index (χ0v) is 19.3. The molecule has 2 nitrogen and oxygen atoms in total. The van der Waals surface area contributed by atoms with Crippen LogP contribution in [0.5, 0.6) is 0 Å². The summed E-state index contributed by atoms with van der Waals surface area (Å²) in [6.07, 6.45) is 3.19. The molecule has 0 bridgehead atoms. The molecule has 0 aliphatic rings. The normalized spacial score (nSPS) is 13.1. The molecule has 1 unspecified atom stereocenters. The second-order valence-corrected chi connectivity index (χ2v) is 10.8.